The fourth-order valence-corrected chi connectivity index (χ4v) is 5.15. The summed E-state index contributed by atoms with van der Waals surface area (Å²) in [7, 11) is 0. The third kappa shape index (κ3) is 6.17. The Bertz CT molecular complexity index is 677. The summed E-state index contributed by atoms with van der Waals surface area (Å²) in [6.45, 7) is 6.31. The van der Waals surface area contributed by atoms with E-state index in [-0.39, 0.29) is 11.8 Å². The molecule has 2 amide bonds. The molecule has 1 saturated heterocycles. The summed E-state index contributed by atoms with van der Waals surface area (Å²) in [5.74, 6) is 0.397. The second kappa shape index (κ2) is 9.22. The Hall–Kier alpha value is -1.67. The number of rotatable bonds is 7. The number of hydrogen-bond donors (Lipinski definition) is 2. The van der Waals surface area contributed by atoms with Gasteiger partial charge in [0.25, 0.3) is 0 Å². The first-order valence-electron chi connectivity index (χ1n) is 10.3. The number of piperidine rings is 1. The molecule has 0 unspecified atom stereocenters. The second-order valence-corrected chi connectivity index (χ2v) is 9.57. The molecule has 156 valence electrons. The Morgan fingerprint density at radius 1 is 1.29 bits per heavy atom. The van der Waals surface area contributed by atoms with Crippen molar-refractivity contribution in [2.75, 3.05) is 13.1 Å². The van der Waals surface area contributed by atoms with Gasteiger partial charge in [-0.15, -0.1) is 11.3 Å². The highest BCUT2D eigenvalue weighted by Crippen LogP contribution is 2.24. The lowest BCUT2D eigenvalue weighted by Crippen LogP contribution is -2.43. The first-order chi connectivity index (χ1) is 13.3. The standard InChI is InChI=1S/C20H32N4O3S/c1-20(2,27-19(21)26)11-17-22-16(13-28-17)12-24-9-7-14(8-10-24)18(25)23-15-5-3-4-6-15/h13-15H,3-12H2,1-2H3,(H2,21,26)(H,23,25). The van der Waals surface area contributed by atoms with Crippen LogP contribution in [0.1, 0.15) is 63.1 Å². The van der Waals surface area contributed by atoms with Crippen molar-refractivity contribution in [2.24, 2.45) is 11.7 Å². The monoisotopic (exact) mass is 408 g/mol. The lowest BCUT2D eigenvalue weighted by molar-refractivity contribution is -0.127. The van der Waals surface area contributed by atoms with Crippen LogP contribution in [0.5, 0.6) is 0 Å². The smallest absolute Gasteiger partial charge is 0.405 e. The Labute approximate surface area is 171 Å². The van der Waals surface area contributed by atoms with Gasteiger partial charge in [0.15, 0.2) is 0 Å². The average molecular weight is 409 g/mol. The predicted octanol–water partition coefficient (Wildman–Crippen LogP) is 2.83. The first-order valence-corrected chi connectivity index (χ1v) is 11.1. The van der Waals surface area contributed by atoms with Crippen LogP contribution in [0, 0.1) is 5.92 Å². The quantitative estimate of drug-likeness (QED) is 0.723. The largest absolute Gasteiger partial charge is 0.443 e. The minimum absolute atomic E-state index is 0.148. The molecule has 3 N–H and O–H groups in total. The zero-order valence-corrected chi connectivity index (χ0v) is 17.7. The van der Waals surface area contributed by atoms with E-state index in [0.717, 1.165) is 56.0 Å². The SMILES string of the molecule is CC(C)(Cc1nc(CN2CCC(C(=O)NC3CCCC3)CC2)cs1)OC(N)=O. The number of nitrogens with two attached hydrogens (primary N) is 1. The summed E-state index contributed by atoms with van der Waals surface area (Å²) < 4.78 is 5.14. The topological polar surface area (TPSA) is 97.6 Å². The molecular weight excluding hydrogens is 376 g/mol. The molecule has 8 heteroatoms. The van der Waals surface area contributed by atoms with Crippen molar-refractivity contribution in [2.45, 2.75) is 77.0 Å². The molecule has 1 saturated carbocycles. The molecule has 0 aromatic carbocycles. The zero-order chi connectivity index (χ0) is 20.1. The Kier molecular flexibility index (Phi) is 6.93. The molecule has 2 fully saturated rings. The van der Waals surface area contributed by atoms with Crippen LogP contribution in [-0.4, -0.2) is 46.6 Å². The van der Waals surface area contributed by atoms with Gasteiger partial charge in [-0.25, -0.2) is 9.78 Å². The van der Waals surface area contributed by atoms with Crippen LogP contribution in [-0.2, 0) is 22.5 Å². The molecular formula is C20H32N4O3S. The van der Waals surface area contributed by atoms with Crippen LogP contribution in [0.3, 0.4) is 0 Å². The van der Waals surface area contributed by atoms with Crippen LogP contribution in [0.2, 0.25) is 0 Å². The fourth-order valence-electron chi connectivity index (χ4n) is 4.15. The molecule has 28 heavy (non-hydrogen) atoms. The average Bonchev–Trinajstić information content (AvgIpc) is 3.26. The number of primary amides is 1. The molecule has 1 aromatic rings. The molecule has 0 atom stereocenters. The minimum atomic E-state index is -0.762. The summed E-state index contributed by atoms with van der Waals surface area (Å²) in [4.78, 5) is 30.5. The highest BCUT2D eigenvalue weighted by atomic mass is 32.1. The van der Waals surface area contributed by atoms with E-state index in [1.165, 1.54) is 12.8 Å². The number of carbonyl (C=O) groups is 2. The van der Waals surface area contributed by atoms with E-state index in [1.807, 2.05) is 13.8 Å². The van der Waals surface area contributed by atoms with Crippen LogP contribution >= 0.6 is 11.3 Å². The van der Waals surface area contributed by atoms with E-state index in [0.29, 0.717) is 12.5 Å². The molecule has 1 aliphatic carbocycles. The molecule has 0 spiro atoms. The zero-order valence-electron chi connectivity index (χ0n) is 16.9. The summed E-state index contributed by atoms with van der Waals surface area (Å²) in [5.41, 5.74) is 5.50. The summed E-state index contributed by atoms with van der Waals surface area (Å²) in [6.07, 6.45) is 6.36. The minimum Gasteiger partial charge on any atom is -0.443 e. The molecule has 0 bridgehead atoms. The van der Waals surface area contributed by atoms with Gasteiger partial charge in [-0.3, -0.25) is 9.69 Å². The van der Waals surface area contributed by atoms with Crippen molar-refractivity contribution in [3.63, 3.8) is 0 Å². The van der Waals surface area contributed by atoms with Crippen LogP contribution < -0.4 is 11.1 Å². The molecule has 2 aliphatic rings. The van der Waals surface area contributed by atoms with E-state index in [9.17, 15) is 9.59 Å². The van der Waals surface area contributed by atoms with E-state index >= 15 is 0 Å². The van der Waals surface area contributed by atoms with Gasteiger partial charge in [-0.05, 0) is 52.6 Å². The summed E-state index contributed by atoms with van der Waals surface area (Å²) in [5, 5.41) is 6.24. The number of ether oxygens (including phenoxy) is 1. The van der Waals surface area contributed by atoms with E-state index < -0.39 is 11.7 Å². The molecule has 2 heterocycles. The number of likely N-dealkylation sites (tertiary alicyclic amines) is 1. The fraction of sp³-hybridized carbons (Fsp3) is 0.750. The maximum Gasteiger partial charge on any atom is 0.405 e. The number of carbonyl (C=O) groups excluding carboxylic acids is 2. The number of nitrogens with one attached hydrogen (secondary N) is 1. The van der Waals surface area contributed by atoms with Crippen molar-refractivity contribution in [1.82, 2.24) is 15.2 Å². The van der Waals surface area contributed by atoms with Crippen molar-refractivity contribution >= 4 is 23.3 Å². The van der Waals surface area contributed by atoms with Gasteiger partial charge in [0.2, 0.25) is 5.91 Å². The Morgan fingerprint density at radius 2 is 1.96 bits per heavy atom. The van der Waals surface area contributed by atoms with Gasteiger partial charge in [-0.2, -0.15) is 0 Å². The van der Waals surface area contributed by atoms with Gasteiger partial charge in [-0.1, -0.05) is 12.8 Å². The van der Waals surface area contributed by atoms with Crippen molar-refractivity contribution < 1.29 is 14.3 Å². The van der Waals surface area contributed by atoms with E-state index in [1.54, 1.807) is 11.3 Å². The van der Waals surface area contributed by atoms with Crippen LogP contribution in [0.4, 0.5) is 4.79 Å². The summed E-state index contributed by atoms with van der Waals surface area (Å²) >= 11 is 1.58. The number of thiazole rings is 1. The lowest BCUT2D eigenvalue weighted by atomic mass is 9.95. The van der Waals surface area contributed by atoms with Crippen LogP contribution in [0.15, 0.2) is 5.38 Å². The van der Waals surface area contributed by atoms with Crippen molar-refractivity contribution in [3.8, 4) is 0 Å². The van der Waals surface area contributed by atoms with Gasteiger partial charge in [0, 0.05) is 30.3 Å². The molecule has 1 aliphatic heterocycles. The van der Waals surface area contributed by atoms with Crippen molar-refractivity contribution in [3.05, 3.63) is 16.1 Å². The highest BCUT2D eigenvalue weighted by molar-refractivity contribution is 7.09. The molecule has 1 aromatic heterocycles. The molecule has 0 radical (unpaired) electrons. The first kappa shape index (κ1) is 21.0. The van der Waals surface area contributed by atoms with Crippen LogP contribution in [0.25, 0.3) is 0 Å². The van der Waals surface area contributed by atoms with Gasteiger partial charge in [0.1, 0.15) is 5.60 Å². The number of aromatic nitrogens is 1. The number of amides is 2. The third-order valence-corrected chi connectivity index (χ3v) is 6.50. The number of hydrogen-bond acceptors (Lipinski definition) is 6. The molecule has 7 nitrogen and oxygen atoms in total. The van der Waals surface area contributed by atoms with E-state index in [2.05, 4.69) is 20.6 Å². The second-order valence-electron chi connectivity index (χ2n) is 8.63. The lowest BCUT2D eigenvalue weighted by Gasteiger charge is -2.31. The summed E-state index contributed by atoms with van der Waals surface area (Å²) in [6, 6.07) is 0.404. The van der Waals surface area contributed by atoms with Crippen molar-refractivity contribution in [1.29, 1.82) is 0 Å². The Morgan fingerprint density at radius 3 is 2.61 bits per heavy atom. The Balaban J connectivity index is 1.43. The molecule has 3 rings (SSSR count). The third-order valence-electron chi connectivity index (χ3n) is 5.60. The normalized spacial score (nSPS) is 19.6. The maximum absolute atomic E-state index is 12.4. The van der Waals surface area contributed by atoms with Gasteiger partial charge in [0.05, 0.1) is 10.7 Å². The number of nitrogens with zero attached hydrogens (tertiary/aromatic N) is 2. The predicted molar refractivity (Wildman–Crippen MR) is 109 cm³/mol. The van der Waals surface area contributed by atoms with E-state index in [4.69, 9.17) is 10.5 Å². The van der Waals surface area contributed by atoms with Gasteiger partial charge >= 0.3 is 6.09 Å². The highest BCUT2D eigenvalue weighted by Gasteiger charge is 2.28. The van der Waals surface area contributed by atoms with Gasteiger partial charge < -0.3 is 15.8 Å². The maximum atomic E-state index is 12.4.